The first-order valence-corrected chi connectivity index (χ1v) is 12.2. The molecular formula is C23H42ClN3O4. The molecule has 1 heterocycles. The van der Waals surface area contributed by atoms with Crippen LogP contribution in [0.1, 0.15) is 78.1 Å². The molecule has 0 atom stereocenters. The molecule has 3 aliphatic rings. The van der Waals surface area contributed by atoms with Crippen molar-refractivity contribution >= 4 is 24.6 Å². The van der Waals surface area contributed by atoms with Gasteiger partial charge < -0.3 is 19.3 Å². The predicted molar refractivity (Wildman–Crippen MR) is 124 cm³/mol. The van der Waals surface area contributed by atoms with Crippen LogP contribution in [0.3, 0.4) is 0 Å². The van der Waals surface area contributed by atoms with Crippen LogP contribution in [0.15, 0.2) is 0 Å². The lowest BCUT2D eigenvalue weighted by molar-refractivity contribution is 0.0266. The number of amides is 2. The highest BCUT2D eigenvalue weighted by atomic mass is 35.5. The van der Waals surface area contributed by atoms with Gasteiger partial charge in [-0.05, 0) is 65.2 Å². The summed E-state index contributed by atoms with van der Waals surface area (Å²) < 4.78 is 11.5. The second-order valence-electron chi connectivity index (χ2n) is 9.40. The highest BCUT2D eigenvalue weighted by molar-refractivity contribution is 5.85. The molecule has 0 aromatic heterocycles. The summed E-state index contributed by atoms with van der Waals surface area (Å²) in [6.07, 6.45) is 11.0. The molecule has 3 rings (SSSR count). The summed E-state index contributed by atoms with van der Waals surface area (Å²) in [5.41, 5.74) is 0. The van der Waals surface area contributed by atoms with Crippen molar-refractivity contribution in [2.45, 2.75) is 96.3 Å². The van der Waals surface area contributed by atoms with Gasteiger partial charge in [0.25, 0.3) is 0 Å². The molecule has 0 aromatic rings. The third-order valence-electron chi connectivity index (χ3n) is 6.78. The largest absolute Gasteiger partial charge is 0.446 e. The first kappa shape index (κ1) is 26.0. The summed E-state index contributed by atoms with van der Waals surface area (Å²) in [5, 5.41) is 0. The summed E-state index contributed by atoms with van der Waals surface area (Å²) >= 11 is 0. The van der Waals surface area contributed by atoms with Gasteiger partial charge in [0, 0.05) is 45.3 Å². The minimum atomic E-state index is -0.174. The zero-order valence-corrected chi connectivity index (χ0v) is 20.2. The quantitative estimate of drug-likeness (QED) is 0.577. The number of carbonyl (C=O) groups excluding carboxylic acids is 2. The molecule has 1 saturated heterocycles. The predicted octanol–water partition coefficient (Wildman–Crippen LogP) is 4.67. The molecule has 2 saturated carbocycles. The lowest BCUT2D eigenvalue weighted by atomic mass is 9.98. The summed E-state index contributed by atoms with van der Waals surface area (Å²) in [6.45, 7) is 8.59. The van der Waals surface area contributed by atoms with Crippen molar-refractivity contribution in [1.82, 2.24) is 14.7 Å². The molecule has 0 spiro atoms. The van der Waals surface area contributed by atoms with E-state index in [0.717, 1.165) is 58.2 Å². The Kier molecular flexibility index (Phi) is 11.2. The zero-order chi connectivity index (χ0) is 21.3. The van der Waals surface area contributed by atoms with Crippen LogP contribution in [-0.2, 0) is 9.47 Å². The third-order valence-corrected chi connectivity index (χ3v) is 6.78. The monoisotopic (exact) mass is 459 g/mol. The van der Waals surface area contributed by atoms with Gasteiger partial charge in [0.15, 0.2) is 0 Å². The number of halogens is 1. The van der Waals surface area contributed by atoms with Gasteiger partial charge in [0.2, 0.25) is 0 Å². The lowest BCUT2D eigenvalue weighted by Gasteiger charge is -2.37. The van der Waals surface area contributed by atoms with Crippen molar-refractivity contribution in [1.29, 1.82) is 0 Å². The van der Waals surface area contributed by atoms with Gasteiger partial charge in [0.1, 0.15) is 12.2 Å². The van der Waals surface area contributed by atoms with Crippen LogP contribution < -0.4 is 0 Å². The minimum Gasteiger partial charge on any atom is -0.446 e. The fraction of sp³-hybridized carbons (Fsp3) is 0.913. The normalized spacial score (nSPS) is 21.5. The van der Waals surface area contributed by atoms with Crippen LogP contribution in [0.5, 0.6) is 0 Å². The molecule has 0 N–H and O–H groups in total. The Balaban J connectivity index is 0.00000341. The summed E-state index contributed by atoms with van der Waals surface area (Å²) in [5.74, 6) is 0. The van der Waals surface area contributed by atoms with E-state index in [1.54, 1.807) is 0 Å². The average molecular weight is 460 g/mol. The van der Waals surface area contributed by atoms with Crippen LogP contribution in [0.2, 0.25) is 0 Å². The van der Waals surface area contributed by atoms with Gasteiger partial charge >= 0.3 is 12.2 Å². The van der Waals surface area contributed by atoms with E-state index in [9.17, 15) is 9.59 Å². The topological polar surface area (TPSA) is 62.3 Å². The molecule has 0 aromatic carbocycles. The standard InChI is InChI=1S/C23H41N3O4.ClH/c1-19(2)26(23(28)30-21-11-7-4-8-12-21)18-15-24-13-16-25(17-14-24)22(27)29-20-9-5-3-6-10-20;/h19-21H,3-18H2,1-2H3;1H. The molecule has 2 amide bonds. The maximum Gasteiger partial charge on any atom is 0.410 e. The Labute approximate surface area is 194 Å². The van der Waals surface area contributed by atoms with E-state index >= 15 is 0 Å². The number of piperazine rings is 1. The molecule has 8 heteroatoms. The van der Waals surface area contributed by atoms with E-state index in [4.69, 9.17) is 9.47 Å². The van der Waals surface area contributed by atoms with E-state index in [2.05, 4.69) is 4.90 Å². The second kappa shape index (κ2) is 13.4. The van der Waals surface area contributed by atoms with E-state index in [0.29, 0.717) is 19.6 Å². The van der Waals surface area contributed by atoms with E-state index < -0.39 is 0 Å². The highest BCUT2D eigenvalue weighted by Gasteiger charge is 2.27. The maximum absolute atomic E-state index is 12.7. The van der Waals surface area contributed by atoms with Crippen molar-refractivity contribution in [2.75, 3.05) is 39.3 Å². The number of rotatable bonds is 6. The van der Waals surface area contributed by atoms with Crippen LogP contribution in [-0.4, -0.2) is 84.4 Å². The SMILES string of the molecule is CC(C)N(CCN1CCN(C(=O)OC2CCCCC2)CC1)C(=O)OC1CCCCC1.Cl. The van der Waals surface area contributed by atoms with Crippen molar-refractivity contribution in [3.63, 3.8) is 0 Å². The minimum absolute atomic E-state index is 0. The van der Waals surface area contributed by atoms with Gasteiger partial charge in [-0.1, -0.05) is 12.8 Å². The van der Waals surface area contributed by atoms with Gasteiger partial charge in [-0.15, -0.1) is 12.4 Å². The zero-order valence-electron chi connectivity index (χ0n) is 19.4. The first-order valence-electron chi connectivity index (χ1n) is 12.2. The fourth-order valence-corrected chi connectivity index (χ4v) is 4.76. The molecule has 1 aliphatic heterocycles. The molecule has 180 valence electrons. The first-order chi connectivity index (χ1) is 14.5. The second-order valence-corrected chi connectivity index (χ2v) is 9.40. The molecule has 2 aliphatic carbocycles. The Morgan fingerprint density at radius 3 is 1.87 bits per heavy atom. The maximum atomic E-state index is 12.7. The summed E-state index contributed by atoms with van der Waals surface area (Å²) in [4.78, 5) is 31.1. The molecule has 0 bridgehead atoms. The average Bonchev–Trinajstić information content (AvgIpc) is 2.75. The molecule has 7 nitrogen and oxygen atoms in total. The number of ether oxygens (including phenoxy) is 2. The Morgan fingerprint density at radius 2 is 1.35 bits per heavy atom. The van der Waals surface area contributed by atoms with Crippen LogP contribution >= 0.6 is 12.4 Å². The number of hydrogen-bond acceptors (Lipinski definition) is 5. The van der Waals surface area contributed by atoms with Crippen molar-refractivity contribution in [3.8, 4) is 0 Å². The molecule has 31 heavy (non-hydrogen) atoms. The van der Waals surface area contributed by atoms with E-state index in [1.165, 1.54) is 25.7 Å². The number of nitrogens with zero attached hydrogens (tertiary/aromatic N) is 3. The van der Waals surface area contributed by atoms with Gasteiger partial charge in [-0.25, -0.2) is 9.59 Å². The lowest BCUT2D eigenvalue weighted by Crippen LogP contribution is -2.52. The molecular weight excluding hydrogens is 418 g/mol. The van der Waals surface area contributed by atoms with Crippen LogP contribution in [0.4, 0.5) is 9.59 Å². The van der Waals surface area contributed by atoms with Crippen molar-refractivity contribution in [3.05, 3.63) is 0 Å². The van der Waals surface area contributed by atoms with Gasteiger partial charge in [0.05, 0.1) is 0 Å². The summed E-state index contributed by atoms with van der Waals surface area (Å²) in [7, 11) is 0. The van der Waals surface area contributed by atoms with Crippen LogP contribution in [0.25, 0.3) is 0 Å². The number of carbonyl (C=O) groups is 2. The van der Waals surface area contributed by atoms with E-state index in [-0.39, 0.29) is 42.8 Å². The van der Waals surface area contributed by atoms with Gasteiger partial charge in [-0.3, -0.25) is 4.90 Å². The van der Waals surface area contributed by atoms with Crippen molar-refractivity contribution in [2.24, 2.45) is 0 Å². The van der Waals surface area contributed by atoms with Gasteiger partial charge in [-0.2, -0.15) is 0 Å². The molecule has 0 unspecified atom stereocenters. The van der Waals surface area contributed by atoms with E-state index in [1.807, 2.05) is 23.6 Å². The smallest absolute Gasteiger partial charge is 0.410 e. The fourth-order valence-electron chi connectivity index (χ4n) is 4.76. The third kappa shape index (κ3) is 8.33. The highest BCUT2D eigenvalue weighted by Crippen LogP contribution is 2.22. The molecule has 0 radical (unpaired) electrons. The Bertz CT molecular complexity index is 543. The Morgan fingerprint density at radius 1 is 0.839 bits per heavy atom. The number of hydrogen-bond donors (Lipinski definition) is 0. The molecule has 3 fully saturated rings. The Hall–Kier alpha value is -1.21. The van der Waals surface area contributed by atoms with Crippen molar-refractivity contribution < 1.29 is 19.1 Å². The van der Waals surface area contributed by atoms with Crippen LogP contribution in [0, 0.1) is 0 Å². The summed E-state index contributed by atoms with van der Waals surface area (Å²) in [6, 6.07) is 0.118.